The average Bonchev–Trinajstić information content (AvgIpc) is 2.16. The van der Waals surface area contributed by atoms with Gasteiger partial charge in [0.2, 0.25) is 0 Å². The Morgan fingerprint density at radius 2 is 2.00 bits per heavy atom. The van der Waals surface area contributed by atoms with Gasteiger partial charge in [0.05, 0.1) is 5.03 Å². The van der Waals surface area contributed by atoms with Gasteiger partial charge in [-0.2, -0.15) is 0 Å². The summed E-state index contributed by atoms with van der Waals surface area (Å²) in [5, 5.41) is -0.0962. The maximum atomic E-state index is 12.9. The van der Waals surface area contributed by atoms with Crippen LogP contribution >= 0.6 is 11.6 Å². The highest BCUT2D eigenvalue weighted by molar-refractivity contribution is 6.32. The number of aliphatic imine (C=N–C) groups is 1. The van der Waals surface area contributed by atoms with Gasteiger partial charge < -0.3 is 4.74 Å². The second-order valence-corrected chi connectivity index (χ2v) is 3.23. The highest BCUT2D eigenvalue weighted by Crippen LogP contribution is 2.24. The molecule has 5 heteroatoms. The predicted octanol–water partition coefficient (Wildman–Crippen LogP) is 2.96. The highest BCUT2D eigenvalue weighted by Gasteiger charge is 2.11. The molecule has 15 heavy (non-hydrogen) atoms. The van der Waals surface area contributed by atoms with E-state index in [4.69, 9.17) is 16.3 Å². The summed E-state index contributed by atoms with van der Waals surface area (Å²) in [6.07, 6.45) is 0. The molecule has 0 rings (SSSR count). The van der Waals surface area contributed by atoms with Crippen LogP contribution in [0.5, 0.6) is 0 Å². The van der Waals surface area contributed by atoms with Crippen molar-refractivity contribution in [3.05, 3.63) is 22.1 Å². The monoisotopic (exact) mass is 233 g/mol. The van der Waals surface area contributed by atoms with Gasteiger partial charge in [0.25, 0.3) is 0 Å². The van der Waals surface area contributed by atoms with Crippen molar-refractivity contribution in [3.63, 3.8) is 0 Å². The molecule has 0 heterocycles. The van der Waals surface area contributed by atoms with Crippen molar-refractivity contribution >= 4 is 24.3 Å². The molecule has 0 aromatic carbocycles. The molecule has 0 bridgehead atoms. The van der Waals surface area contributed by atoms with Gasteiger partial charge in [-0.3, -0.25) is 9.79 Å². The second-order valence-electron chi connectivity index (χ2n) is 2.85. The lowest BCUT2D eigenvalue weighted by atomic mass is 10.2. The van der Waals surface area contributed by atoms with E-state index in [2.05, 4.69) is 11.7 Å². The Hall–Kier alpha value is -1.16. The van der Waals surface area contributed by atoms with Gasteiger partial charge in [-0.1, -0.05) is 11.6 Å². The minimum Gasteiger partial charge on any atom is -0.461 e. The SMILES string of the molecule is C=N/C(C)=C(COC(C)=O)\C(Cl)=C(/C)F. The highest BCUT2D eigenvalue weighted by atomic mass is 35.5. The van der Waals surface area contributed by atoms with Crippen LogP contribution in [0.25, 0.3) is 0 Å². The molecule has 0 aromatic heterocycles. The number of halogens is 2. The minimum atomic E-state index is -0.554. The third-order valence-electron chi connectivity index (χ3n) is 1.66. The van der Waals surface area contributed by atoms with E-state index < -0.39 is 11.8 Å². The van der Waals surface area contributed by atoms with Crippen molar-refractivity contribution in [1.82, 2.24) is 0 Å². The Kier molecular flexibility index (Phi) is 5.86. The van der Waals surface area contributed by atoms with Crippen LogP contribution < -0.4 is 0 Å². The molecular formula is C10H13ClFNO2. The van der Waals surface area contributed by atoms with Crippen molar-refractivity contribution in [3.8, 4) is 0 Å². The fraction of sp³-hybridized carbons (Fsp3) is 0.400. The van der Waals surface area contributed by atoms with E-state index >= 15 is 0 Å². The Labute approximate surface area is 93.3 Å². The van der Waals surface area contributed by atoms with Gasteiger partial charge >= 0.3 is 5.97 Å². The Morgan fingerprint density at radius 1 is 1.47 bits per heavy atom. The summed E-state index contributed by atoms with van der Waals surface area (Å²) >= 11 is 5.71. The molecule has 0 aliphatic rings. The van der Waals surface area contributed by atoms with E-state index in [1.807, 2.05) is 0 Å². The largest absolute Gasteiger partial charge is 0.461 e. The molecule has 0 saturated heterocycles. The number of ether oxygens (including phenoxy) is 1. The molecule has 3 nitrogen and oxygen atoms in total. The van der Waals surface area contributed by atoms with Crippen LogP contribution in [0, 0.1) is 0 Å². The van der Waals surface area contributed by atoms with Gasteiger partial charge in [-0.15, -0.1) is 0 Å². The van der Waals surface area contributed by atoms with Gasteiger partial charge in [-0.25, -0.2) is 4.39 Å². The van der Waals surface area contributed by atoms with Crippen LogP contribution in [-0.2, 0) is 9.53 Å². The quantitative estimate of drug-likeness (QED) is 0.425. The molecule has 0 fully saturated rings. The molecule has 0 atom stereocenters. The standard InChI is InChI=1S/C10H13ClFNO2/c1-6(12)10(11)9(7(2)13-4)5-15-8(3)14/h4-5H2,1-3H3/b9-7-,10-6-. The number of hydrogen-bond donors (Lipinski definition) is 0. The van der Waals surface area contributed by atoms with Gasteiger partial charge in [0.15, 0.2) is 0 Å². The number of esters is 1. The topological polar surface area (TPSA) is 38.7 Å². The summed E-state index contributed by atoms with van der Waals surface area (Å²) in [6, 6.07) is 0. The fourth-order valence-electron chi connectivity index (χ4n) is 0.804. The number of allylic oxidation sites excluding steroid dienone is 2. The van der Waals surface area contributed by atoms with E-state index in [9.17, 15) is 9.18 Å². The van der Waals surface area contributed by atoms with E-state index in [1.165, 1.54) is 13.8 Å². The van der Waals surface area contributed by atoms with Crippen LogP contribution in [0.3, 0.4) is 0 Å². The third-order valence-corrected chi connectivity index (χ3v) is 2.15. The Morgan fingerprint density at radius 3 is 2.33 bits per heavy atom. The lowest BCUT2D eigenvalue weighted by molar-refractivity contribution is -0.139. The maximum Gasteiger partial charge on any atom is 0.302 e. The lowest BCUT2D eigenvalue weighted by Crippen LogP contribution is -2.05. The van der Waals surface area contributed by atoms with Crippen molar-refractivity contribution in [1.29, 1.82) is 0 Å². The van der Waals surface area contributed by atoms with Crippen molar-refractivity contribution in [2.24, 2.45) is 4.99 Å². The molecular weight excluding hydrogens is 221 g/mol. The summed E-state index contributed by atoms with van der Waals surface area (Å²) in [7, 11) is 0. The zero-order valence-corrected chi connectivity index (χ0v) is 9.69. The summed E-state index contributed by atoms with van der Waals surface area (Å²) in [5.41, 5.74) is 0.750. The first-order chi connectivity index (χ1) is 6.90. The smallest absolute Gasteiger partial charge is 0.302 e. The van der Waals surface area contributed by atoms with E-state index in [0.717, 1.165) is 0 Å². The lowest BCUT2D eigenvalue weighted by Gasteiger charge is -2.08. The third kappa shape index (κ3) is 4.74. The first kappa shape index (κ1) is 13.8. The van der Waals surface area contributed by atoms with Crippen LogP contribution in [0.2, 0.25) is 0 Å². The van der Waals surface area contributed by atoms with Crippen molar-refractivity contribution in [2.75, 3.05) is 6.61 Å². The molecule has 0 amide bonds. The van der Waals surface area contributed by atoms with Crippen LogP contribution in [0.4, 0.5) is 4.39 Å². The number of carbonyl (C=O) groups excluding carboxylic acids is 1. The zero-order chi connectivity index (χ0) is 12.0. The van der Waals surface area contributed by atoms with Gasteiger partial charge in [0.1, 0.15) is 12.4 Å². The maximum absolute atomic E-state index is 12.9. The summed E-state index contributed by atoms with van der Waals surface area (Å²) < 4.78 is 17.6. The predicted molar refractivity (Wildman–Crippen MR) is 58.5 cm³/mol. The van der Waals surface area contributed by atoms with Crippen molar-refractivity contribution in [2.45, 2.75) is 20.8 Å². The summed E-state index contributed by atoms with van der Waals surface area (Å²) in [5.74, 6) is -1.02. The second kappa shape index (κ2) is 6.35. The van der Waals surface area contributed by atoms with Crippen LogP contribution in [0.1, 0.15) is 20.8 Å². The molecule has 0 aliphatic heterocycles. The molecule has 0 radical (unpaired) electrons. The Bertz CT molecular complexity index is 330. The summed E-state index contributed by atoms with van der Waals surface area (Å²) in [6.45, 7) is 7.27. The molecule has 0 saturated carbocycles. The molecule has 0 spiro atoms. The molecule has 0 aromatic rings. The minimum absolute atomic E-state index is 0.0962. The van der Waals surface area contributed by atoms with Crippen molar-refractivity contribution < 1.29 is 13.9 Å². The zero-order valence-electron chi connectivity index (χ0n) is 8.93. The van der Waals surface area contributed by atoms with E-state index in [1.54, 1.807) is 6.92 Å². The van der Waals surface area contributed by atoms with Crippen LogP contribution in [-0.4, -0.2) is 19.3 Å². The first-order valence-corrected chi connectivity index (χ1v) is 4.60. The average molecular weight is 234 g/mol. The fourth-order valence-corrected chi connectivity index (χ4v) is 0.995. The summed E-state index contributed by atoms with van der Waals surface area (Å²) in [4.78, 5) is 14.2. The van der Waals surface area contributed by atoms with E-state index in [-0.39, 0.29) is 11.6 Å². The molecule has 84 valence electrons. The molecule has 0 N–H and O–H groups in total. The normalized spacial score (nSPS) is 13.9. The molecule has 0 unspecified atom stereocenters. The Balaban J connectivity index is 5.01. The van der Waals surface area contributed by atoms with E-state index in [0.29, 0.717) is 11.3 Å². The van der Waals surface area contributed by atoms with Gasteiger partial charge in [-0.05, 0) is 20.6 Å². The number of nitrogens with zero attached hydrogens (tertiary/aromatic N) is 1. The first-order valence-electron chi connectivity index (χ1n) is 4.22. The number of rotatable bonds is 4. The van der Waals surface area contributed by atoms with Gasteiger partial charge in [0, 0.05) is 18.2 Å². The molecule has 0 aliphatic carbocycles. The number of hydrogen-bond acceptors (Lipinski definition) is 3. The number of carbonyl (C=O) groups is 1. The van der Waals surface area contributed by atoms with Crippen LogP contribution in [0.15, 0.2) is 27.1 Å².